The van der Waals surface area contributed by atoms with E-state index in [1.54, 1.807) is 17.1 Å². The fourth-order valence-corrected chi connectivity index (χ4v) is 3.54. The van der Waals surface area contributed by atoms with Crippen molar-refractivity contribution in [1.29, 1.82) is 0 Å². The maximum atomic E-state index is 11.6. The molecule has 0 aromatic carbocycles. The number of rotatable bonds is 3. The van der Waals surface area contributed by atoms with Gasteiger partial charge in [-0.05, 0) is 13.3 Å². The molecular weight excluding hydrogens is 256 g/mol. The second-order valence-electron chi connectivity index (χ2n) is 4.28. The number of carbonyl (C=O) groups is 1. The topological polar surface area (TPSA) is 93.1 Å². The fourth-order valence-electron chi connectivity index (χ4n) is 1.86. The minimum absolute atomic E-state index is 0.0225. The molecule has 0 spiro atoms. The van der Waals surface area contributed by atoms with Crippen LogP contribution < -0.4 is 10.6 Å². The summed E-state index contributed by atoms with van der Waals surface area (Å²) in [7, 11) is -2.97. The van der Waals surface area contributed by atoms with Gasteiger partial charge >= 0.3 is 6.03 Å². The minimum atomic E-state index is -2.97. The van der Waals surface area contributed by atoms with E-state index < -0.39 is 15.9 Å². The van der Waals surface area contributed by atoms with Crippen LogP contribution in [-0.4, -0.2) is 41.8 Å². The van der Waals surface area contributed by atoms with Gasteiger partial charge in [0.2, 0.25) is 0 Å². The molecule has 0 radical (unpaired) electrons. The number of anilines is 1. The molecular formula is C10H16N4O3S. The van der Waals surface area contributed by atoms with Crippen LogP contribution in [0.15, 0.2) is 12.4 Å². The monoisotopic (exact) mass is 272 g/mol. The van der Waals surface area contributed by atoms with Crippen LogP contribution in [0.5, 0.6) is 0 Å². The lowest BCUT2D eigenvalue weighted by Crippen LogP contribution is -2.38. The molecule has 7 nitrogen and oxygen atoms in total. The Bertz CT molecular complexity index is 537. The molecule has 2 rings (SSSR count). The maximum absolute atomic E-state index is 11.6. The molecule has 18 heavy (non-hydrogen) atoms. The van der Waals surface area contributed by atoms with E-state index in [-0.39, 0.29) is 17.5 Å². The summed E-state index contributed by atoms with van der Waals surface area (Å²) < 4.78 is 24.2. The number of aromatic nitrogens is 2. The number of nitrogens with zero attached hydrogens (tertiary/aromatic N) is 2. The van der Waals surface area contributed by atoms with Gasteiger partial charge in [0.15, 0.2) is 9.84 Å². The maximum Gasteiger partial charge on any atom is 0.319 e. The van der Waals surface area contributed by atoms with E-state index in [0.717, 1.165) is 6.54 Å². The second-order valence-corrected chi connectivity index (χ2v) is 6.51. The molecule has 8 heteroatoms. The Hall–Kier alpha value is -1.57. The van der Waals surface area contributed by atoms with Gasteiger partial charge in [-0.2, -0.15) is 5.10 Å². The average molecular weight is 272 g/mol. The van der Waals surface area contributed by atoms with E-state index in [0.29, 0.717) is 12.1 Å². The van der Waals surface area contributed by atoms with Crippen molar-refractivity contribution >= 4 is 21.6 Å². The van der Waals surface area contributed by atoms with Crippen molar-refractivity contribution < 1.29 is 13.2 Å². The molecule has 0 bridgehead atoms. The van der Waals surface area contributed by atoms with Gasteiger partial charge < -0.3 is 10.6 Å². The quantitative estimate of drug-likeness (QED) is 0.822. The summed E-state index contributed by atoms with van der Waals surface area (Å²) in [5.74, 6) is 0.167. The molecule has 0 aliphatic carbocycles. The first kappa shape index (κ1) is 12.9. The van der Waals surface area contributed by atoms with Crippen LogP contribution in [0.2, 0.25) is 0 Å². The molecule has 0 saturated carbocycles. The van der Waals surface area contributed by atoms with Crippen molar-refractivity contribution in [2.75, 3.05) is 16.8 Å². The fraction of sp³-hybridized carbons (Fsp3) is 0.600. The van der Waals surface area contributed by atoms with E-state index in [2.05, 4.69) is 15.7 Å². The zero-order valence-corrected chi connectivity index (χ0v) is 10.9. The predicted octanol–water partition coefficient (Wildman–Crippen LogP) is 0.212. The van der Waals surface area contributed by atoms with Gasteiger partial charge in [0.25, 0.3) is 0 Å². The Morgan fingerprint density at radius 3 is 2.94 bits per heavy atom. The first-order valence-corrected chi connectivity index (χ1v) is 7.61. The number of carbonyl (C=O) groups excluding carboxylic acids is 1. The third-order valence-corrected chi connectivity index (χ3v) is 4.55. The van der Waals surface area contributed by atoms with Crippen LogP contribution in [0, 0.1) is 0 Å². The molecule has 100 valence electrons. The van der Waals surface area contributed by atoms with Crippen LogP contribution in [0.1, 0.15) is 13.3 Å². The number of aryl methyl sites for hydroxylation is 1. The highest BCUT2D eigenvalue weighted by molar-refractivity contribution is 7.91. The number of nitrogens with one attached hydrogen (secondary N) is 2. The zero-order valence-electron chi connectivity index (χ0n) is 10.1. The van der Waals surface area contributed by atoms with E-state index in [9.17, 15) is 13.2 Å². The summed E-state index contributed by atoms with van der Waals surface area (Å²) in [5, 5.41) is 9.29. The molecule has 2 heterocycles. The Morgan fingerprint density at radius 2 is 2.39 bits per heavy atom. The normalized spacial score (nSPS) is 21.7. The molecule has 2 amide bonds. The van der Waals surface area contributed by atoms with Gasteiger partial charge in [-0.3, -0.25) is 4.68 Å². The van der Waals surface area contributed by atoms with E-state index >= 15 is 0 Å². The Balaban J connectivity index is 1.86. The molecule has 1 saturated heterocycles. The van der Waals surface area contributed by atoms with E-state index in [1.165, 1.54) is 0 Å². The first-order chi connectivity index (χ1) is 8.48. The molecule has 1 fully saturated rings. The number of amides is 2. The molecule has 1 atom stereocenters. The van der Waals surface area contributed by atoms with Gasteiger partial charge in [0, 0.05) is 18.8 Å². The highest BCUT2D eigenvalue weighted by Gasteiger charge is 2.28. The summed E-state index contributed by atoms with van der Waals surface area (Å²) in [6, 6.07) is -0.691. The lowest BCUT2D eigenvalue weighted by molar-refractivity contribution is 0.249. The number of hydrogen-bond donors (Lipinski definition) is 2. The summed E-state index contributed by atoms with van der Waals surface area (Å²) in [6.45, 7) is 2.67. The van der Waals surface area contributed by atoms with Crippen molar-refractivity contribution in [3.63, 3.8) is 0 Å². The van der Waals surface area contributed by atoms with E-state index in [1.807, 2.05) is 6.92 Å². The second kappa shape index (κ2) is 4.97. The standard InChI is InChI=1S/C10H16N4O3S/c1-2-14-6-9(5-11-14)13-10(15)12-8-3-4-18(16,17)7-8/h5-6,8H,2-4,7H2,1H3,(H2,12,13,15)/t8-/m1/s1. The van der Waals surface area contributed by atoms with Crippen LogP contribution in [0.4, 0.5) is 10.5 Å². The van der Waals surface area contributed by atoms with Crippen molar-refractivity contribution in [3.05, 3.63) is 12.4 Å². The van der Waals surface area contributed by atoms with E-state index in [4.69, 9.17) is 0 Å². The first-order valence-electron chi connectivity index (χ1n) is 5.79. The molecule has 1 aromatic rings. The highest BCUT2D eigenvalue weighted by atomic mass is 32.2. The molecule has 1 aliphatic heterocycles. The Kier molecular flexibility index (Phi) is 3.55. The summed E-state index contributed by atoms with van der Waals surface area (Å²) in [6.07, 6.45) is 3.74. The smallest absolute Gasteiger partial charge is 0.319 e. The molecule has 2 N–H and O–H groups in total. The van der Waals surface area contributed by atoms with Gasteiger partial charge in [-0.25, -0.2) is 13.2 Å². The highest BCUT2D eigenvalue weighted by Crippen LogP contribution is 2.11. The van der Waals surface area contributed by atoms with Crippen molar-refractivity contribution in [1.82, 2.24) is 15.1 Å². The number of hydrogen-bond acceptors (Lipinski definition) is 4. The van der Waals surface area contributed by atoms with Crippen LogP contribution >= 0.6 is 0 Å². The average Bonchev–Trinajstić information content (AvgIpc) is 2.85. The minimum Gasteiger partial charge on any atom is -0.334 e. The molecule has 0 unspecified atom stereocenters. The Labute approximate surface area is 105 Å². The third-order valence-electron chi connectivity index (χ3n) is 2.78. The lowest BCUT2D eigenvalue weighted by atomic mass is 10.3. The van der Waals surface area contributed by atoms with Crippen LogP contribution in [0.25, 0.3) is 0 Å². The summed E-state index contributed by atoms with van der Waals surface area (Å²) >= 11 is 0. The van der Waals surface area contributed by atoms with Crippen molar-refractivity contribution in [3.8, 4) is 0 Å². The lowest BCUT2D eigenvalue weighted by Gasteiger charge is -2.10. The van der Waals surface area contributed by atoms with Gasteiger partial charge in [0.05, 0.1) is 23.4 Å². The van der Waals surface area contributed by atoms with Gasteiger partial charge in [0.1, 0.15) is 0 Å². The summed E-state index contributed by atoms with van der Waals surface area (Å²) in [4.78, 5) is 11.6. The number of sulfone groups is 1. The third kappa shape index (κ3) is 3.22. The predicted molar refractivity (Wildman–Crippen MR) is 67.1 cm³/mol. The molecule has 1 aliphatic rings. The molecule has 1 aromatic heterocycles. The van der Waals surface area contributed by atoms with Crippen LogP contribution in [0.3, 0.4) is 0 Å². The SMILES string of the molecule is CCn1cc(NC(=O)N[C@@H]2CCS(=O)(=O)C2)cn1. The van der Waals surface area contributed by atoms with Crippen molar-refractivity contribution in [2.24, 2.45) is 0 Å². The summed E-state index contributed by atoms with van der Waals surface area (Å²) in [5.41, 5.74) is 0.593. The van der Waals surface area contributed by atoms with Crippen molar-refractivity contribution in [2.45, 2.75) is 25.9 Å². The van der Waals surface area contributed by atoms with Gasteiger partial charge in [-0.15, -0.1) is 0 Å². The number of urea groups is 1. The van der Waals surface area contributed by atoms with Gasteiger partial charge in [-0.1, -0.05) is 0 Å². The largest absolute Gasteiger partial charge is 0.334 e. The Morgan fingerprint density at radius 1 is 1.61 bits per heavy atom. The van der Waals surface area contributed by atoms with Crippen LogP contribution in [-0.2, 0) is 16.4 Å². The zero-order chi connectivity index (χ0) is 13.2.